The molecule has 1 aromatic carbocycles. The van der Waals surface area contributed by atoms with E-state index in [1.165, 1.54) is 17.7 Å². The molecule has 0 bridgehead atoms. The van der Waals surface area contributed by atoms with Crippen molar-refractivity contribution in [2.75, 3.05) is 13.1 Å². The van der Waals surface area contributed by atoms with E-state index in [9.17, 15) is 0 Å². The van der Waals surface area contributed by atoms with E-state index in [-0.39, 0.29) is 0 Å². The van der Waals surface area contributed by atoms with Gasteiger partial charge in [0.15, 0.2) is 0 Å². The predicted molar refractivity (Wildman–Crippen MR) is 63.0 cm³/mol. The lowest BCUT2D eigenvalue weighted by Gasteiger charge is -2.07. The maximum atomic E-state index is 3.39. The SMILES string of the molecule is CCNCCC1Cc2ccccc2S1. The van der Waals surface area contributed by atoms with E-state index in [1.807, 2.05) is 11.8 Å². The van der Waals surface area contributed by atoms with Gasteiger partial charge in [-0.2, -0.15) is 0 Å². The first kappa shape index (κ1) is 10.1. The molecule has 2 heteroatoms. The Morgan fingerprint density at radius 1 is 1.43 bits per heavy atom. The number of thioether (sulfide) groups is 1. The van der Waals surface area contributed by atoms with Crippen LogP contribution in [0.25, 0.3) is 0 Å². The lowest BCUT2D eigenvalue weighted by molar-refractivity contribution is 0.655. The molecule has 1 aliphatic rings. The van der Waals surface area contributed by atoms with E-state index in [0.717, 1.165) is 18.3 Å². The predicted octanol–water partition coefficient (Wildman–Crippen LogP) is 2.70. The lowest BCUT2D eigenvalue weighted by Crippen LogP contribution is -2.18. The van der Waals surface area contributed by atoms with Crippen LogP contribution in [-0.2, 0) is 6.42 Å². The van der Waals surface area contributed by atoms with E-state index < -0.39 is 0 Å². The van der Waals surface area contributed by atoms with Crippen LogP contribution < -0.4 is 5.32 Å². The molecular formula is C12H17NS. The minimum atomic E-state index is 0.798. The monoisotopic (exact) mass is 207 g/mol. The summed E-state index contributed by atoms with van der Waals surface area (Å²) in [5.74, 6) is 0. The van der Waals surface area contributed by atoms with Crippen LogP contribution in [-0.4, -0.2) is 18.3 Å². The number of rotatable bonds is 4. The number of benzene rings is 1. The van der Waals surface area contributed by atoms with Crippen molar-refractivity contribution in [1.82, 2.24) is 5.32 Å². The van der Waals surface area contributed by atoms with Crippen molar-refractivity contribution < 1.29 is 0 Å². The average Bonchev–Trinajstić information content (AvgIpc) is 2.60. The zero-order chi connectivity index (χ0) is 9.80. The molecule has 76 valence electrons. The van der Waals surface area contributed by atoms with Gasteiger partial charge in [-0.3, -0.25) is 0 Å². The minimum absolute atomic E-state index is 0.798. The molecule has 0 saturated carbocycles. The molecule has 1 aliphatic heterocycles. The van der Waals surface area contributed by atoms with Gasteiger partial charge in [0.1, 0.15) is 0 Å². The highest BCUT2D eigenvalue weighted by molar-refractivity contribution is 8.00. The molecule has 2 rings (SSSR count). The van der Waals surface area contributed by atoms with Crippen molar-refractivity contribution in [2.24, 2.45) is 0 Å². The molecule has 0 saturated heterocycles. The third kappa shape index (κ3) is 2.31. The number of hydrogen-bond acceptors (Lipinski definition) is 2. The summed E-state index contributed by atoms with van der Waals surface area (Å²) in [6, 6.07) is 8.79. The van der Waals surface area contributed by atoms with E-state index in [4.69, 9.17) is 0 Å². The lowest BCUT2D eigenvalue weighted by atomic mass is 10.1. The second-order valence-electron chi connectivity index (χ2n) is 3.69. The van der Waals surface area contributed by atoms with Crippen molar-refractivity contribution in [3.05, 3.63) is 29.8 Å². The van der Waals surface area contributed by atoms with Crippen molar-refractivity contribution in [3.63, 3.8) is 0 Å². The summed E-state index contributed by atoms with van der Waals surface area (Å²) < 4.78 is 0. The van der Waals surface area contributed by atoms with Gasteiger partial charge in [-0.25, -0.2) is 0 Å². The molecule has 0 amide bonds. The number of hydrogen-bond donors (Lipinski definition) is 1. The Bertz CT molecular complexity index is 273. The minimum Gasteiger partial charge on any atom is -0.317 e. The molecule has 1 nitrogen and oxygen atoms in total. The molecule has 0 radical (unpaired) electrons. The normalized spacial score (nSPS) is 19.6. The maximum absolute atomic E-state index is 3.39. The first-order valence-electron chi connectivity index (χ1n) is 5.35. The Labute approximate surface area is 90.3 Å². The van der Waals surface area contributed by atoms with Crippen LogP contribution >= 0.6 is 11.8 Å². The van der Waals surface area contributed by atoms with Crippen LogP contribution in [0.3, 0.4) is 0 Å². The molecule has 1 aromatic rings. The van der Waals surface area contributed by atoms with E-state index in [0.29, 0.717) is 0 Å². The van der Waals surface area contributed by atoms with Gasteiger partial charge >= 0.3 is 0 Å². The topological polar surface area (TPSA) is 12.0 Å². The molecule has 0 aliphatic carbocycles. The average molecular weight is 207 g/mol. The third-order valence-electron chi connectivity index (χ3n) is 2.61. The second-order valence-corrected chi connectivity index (χ2v) is 5.04. The van der Waals surface area contributed by atoms with Gasteiger partial charge in [0, 0.05) is 10.1 Å². The molecule has 0 spiro atoms. The highest BCUT2D eigenvalue weighted by atomic mass is 32.2. The van der Waals surface area contributed by atoms with Gasteiger partial charge in [-0.15, -0.1) is 11.8 Å². The van der Waals surface area contributed by atoms with Gasteiger partial charge in [0.2, 0.25) is 0 Å². The Hall–Kier alpha value is -0.470. The zero-order valence-corrected chi connectivity index (χ0v) is 9.44. The van der Waals surface area contributed by atoms with Gasteiger partial charge in [-0.05, 0) is 37.6 Å². The summed E-state index contributed by atoms with van der Waals surface area (Å²) in [4.78, 5) is 1.49. The number of nitrogens with one attached hydrogen (secondary N) is 1. The quantitative estimate of drug-likeness (QED) is 0.762. The van der Waals surface area contributed by atoms with Gasteiger partial charge in [0.25, 0.3) is 0 Å². The summed E-state index contributed by atoms with van der Waals surface area (Å²) >= 11 is 2.05. The third-order valence-corrected chi connectivity index (χ3v) is 3.99. The molecular weight excluding hydrogens is 190 g/mol. The van der Waals surface area contributed by atoms with Gasteiger partial charge in [-0.1, -0.05) is 25.1 Å². The van der Waals surface area contributed by atoms with Gasteiger partial charge < -0.3 is 5.32 Å². The molecule has 1 atom stereocenters. The Morgan fingerprint density at radius 3 is 3.07 bits per heavy atom. The molecule has 0 aromatic heterocycles. The van der Waals surface area contributed by atoms with Crippen LogP contribution in [0, 0.1) is 0 Å². The first-order valence-corrected chi connectivity index (χ1v) is 6.23. The van der Waals surface area contributed by atoms with Crippen molar-refractivity contribution in [3.8, 4) is 0 Å². The molecule has 0 fully saturated rings. The first-order chi connectivity index (χ1) is 6.90. The van der Waals surface area contributed by atoms with E-state index in [1.54, 1.807) is 5.56 Å². The summed E-state index contributed by atoms with van der Waals surface area (Å²) in [6.07, 6.45) is 2.54. The maximum Gasteiger partial charge on any atom is 0.0147 e. The molecule has 1 heterocycles. The van der Waals surface area contributed by atoms with E-state index in [2.05, 4.69) is 36.5 Å². The van der Waals surface area contributed by atoms with Crippen LogP contribution in [0.2, 0.25) is 0 Å². The Balaban J connectivity index is 1.86. The Morgan fingerprint density at radius 2 is 2.29 bits per heavy atom. The largest absolute Gasteiger partial charge is 0.317 e. The van der Waals surface area contributed by atoms with Crippen molar-refractivity contribution >= 4 is 11.8 Å². The molecule has 14 heavy (non-hydrogen) atoms. The fourth-order valence-electron chi connectivity index (χ4n) is 1.85. The van der Waals surface area contributed by atoms with Crippen LogP contribution in [0.1, 0.15) is 18.9 Å². The van der Waals surface area contributed by atoms with Gasteiger partial charge in [0.05, 0.1) is 0 Å². The highest BCUT2D eigenvalue weighted by Crippen LogP contribution is 2.37. The Kier molecular flexibility index (Phi) is 3.49. The van der Waals surface area contributed by atoms with E-state index >= 15 is 0 Å². The summed E-state index contributed by atoms with van der Waals surface area (Å²) in [6.45, 7) is 4.41. The zero-order valence-electron chi connectivity index (χ0n) is 8.62. The smallest absolute Gasteiger partial charge is 0.0147 e. The standard InChI is InChI=1S/C12H17NS/c1-2-13-8-7-11-9-10-5-3-4-6-12(10)14-11/h3-6,11,13H,2,7-9H2,1H3. The van der Waals surface area contributed by atoms with Crippen molar-refractivity contribution in [2.45, 2.75) is 29.9 Å². The number of fused-ring (bicyclic) bond motifs is 1. The molecule has 1 N–H and O–H groups in total. The van der Waals surface area contributed by atoms with Crippen LogP contribution in [0.5, 0.6) is 0 Å². The molecule has 1 unspecified atom stereocenters. The van der Waals surface area contributed by atoms with Crippen LogP contribution in [0.4, 0.5) is 0 Å². The fourth-order valence-corrected chi connectivity index (χ4v) is 3.17. The highest BCUT2D eigenvalue weighted by Gasteiger charge is 2.20. The second kappa shape index (κ2) is 4.85. The fraction of sp³-hybridized carbons (Fsp3) is 0.500. The van der Waals surface area contributed by atoms with Crippen LogP contribution in [0.15, 0.2) is 29.2 Å². The summed E-state index contributed by atoms with van der Waals surface area (Å²) in [5, 5.41) is 4.19. The summed E-state index contributed by atoms with van der Waals surface area (Å²) in [5.41, 5.74) is 1.54. The summed E-state index contributed by atoms with van der Waals surface area (Å²) in [7, 11) is 0. The van der Waals surface area contributed by atoms with Crippen molar-refractivity contribution in [1.29, 1.82) is 0 Å².